The van der Waals surface area contributed by atoms with Gasteiger partial charge in [0, 0.05) is 13.0 Å². The van der Waals surface area contributed by atoms with E-state index >= 15 is 0 Å². The number of hydrogen-bond acceptors (Lipinski definition) is 5. The third kappa shape index (κ3) is 3.27. The molecule has 3 rings (SSSR count). The van der Waals surface area contributed by atoms with Gasteiger partial charge < -0.3 is 9.88 Å². The lowest BCUT2D eigenvalue weighted by atomic mass is 9.98. The predicted octanol–water partition coefficient (Wildman–Crippen LogP) is 1.91. The standard InChI is InChI=1S/C15H21N5OS/c1-15(10-16,11-6-7-11)17-13(21)9-22-14-19-18-12-5-3-2-4-8-20(12)14/h11H,2-9H2,1H3,(H,17,21). The van der Waals surface area contributed by atoms with E-state index in [-0.39, 0.29) is 11.7 Å². The van der Waals surface area contributed by atoms with Crippen molar-refractivity contribution in [2.75, 3.05) is 5.75 Å². The maximum absolute atomic E-state index is 12.1. The molecule has 0 aromatic carbocycles. The first-order valence-corrected chi connectivity index (χ1v) is 8.88. The average molecular weight is 319 g/mol. The van der Waals surface area contributed by atoms with Crippen molar-refractivity contribution >= 4 is 17.7 Å². The van der Waals surface area contributed by atoms with Gasteiger partial charge in [-0.2, -0.15) is 5.26 Å². The minimum absolute atomic E-state index is 0.105. The molecule has 0 spiro atoms. The fourth-order valence-electron chi connectivity index (χ4n) is 2.90. The quantitative estimate of drug-likeness (QED) is 0.838. The monoisotopic (exact) mass is 319 g/mol. The van der Waals surface area contributed by atoms with Crippen LogP contribution in [0.2, 0.25) is 0 Å². The summed E-state index contributed by atoms with van der Waals surface area (Å²) in [6.45, 7) is 2.75. The molecule has 7 heteroatoms. The molecule has 0 bridgehead atoms. The summed E-state index contributed by atoms with van der Waals surface area (Å²) in [5.74, 6) is 1.50. The zero-order chi connectivity index (χ0) is 15.6. The van der Waals surface area contributed by atoms with Gasteiger partial charge in [0.05, 0.1) is 11.8 Å². The van der Waals surface area contributed by atoms with Crippen molar-refractivity contribution in [3.05, 3.63) is 5.82 Å². The Hall–Kier alpha value is -1.55. The van der Waals surface area contributed by atoms with E-state index in [0.717, 1.165) is 49.6 Å². The number of nitrogens with one attached hydrogen (secondary N) is 1. The summed E-state index contributed by atoms with van der Waals surface area (Å²) >= 11 is 1.41. The van der Waals surface area contributed by atoms with Crippen molar-refractivity contribution < 1.29 is 4.79 Å². The molecule has 1 fully saturated rings. The maximum Gasteiger partial charge on any atom is 0.231 e. The molecule has 1 saturated carbocycles. The number of hydrogen-bond donors (Lipinski definition) is 1. The summed E-state index contributed by atoms with van der Waals surface area (Å²) in [4.78, 5) is 12.1. The normalized spacial score (nSPS) is 20.4. The van der Waals surface area contributed by atoms with Crippen molar-refractivity contribution in [3.8, 4) is 6.07 Å². The number of rotatable bonds is 5. The zero-order valence-corrected chi connectivity index (χ0v) is 13.7. The number of nitrogens with zero attached hydrogens (tertiary/aromatic N) is 4. The van der Waals surface area contributed by atoms with Crippen LogP contribution in [0.4, 0.5) is 0 Å². The van der Waals surface area contributed by atoms with E-state index in [2.05, 4.69) is 26.2 Å². The lowest BCUT2D eigenvalue weighted by molar-refractivity contribution is -0.119. The van der Waals surface area contributed by atoms with Gasteiger partial charge in [0.2, 0.25) is 5.91 Å². The Morgan fingerprint density at radius 2 is 2.27 bits per heavy atom. The number of carbonyl (C=O) groups excluding carboxylic acids is 1. The van der Waals surface area contributed by atoms with E-state index in [0.29, 0.717) is 5.92 Å². The third-order valence-corrected chi connectivity index (χ3v) is 5.40. The van der Waals surface area contributed by atoms with Crippen LogP contribution < -0.4 is 5.32 Å². The smallest absolute Gasteiger partial charge is 0.231 e. The van der Waals surface area contributed by atoms with E-state index in [1.807, 2.05) is 6.92 Å². The molecule has 1 aromatic heterocycles. The Labute approximate surface area is 134 Å². The molecule has 2 aliphatic rings. The Morgan fingerprint density at radius 1 is 1.45 bits per heavy atom. The fourth-order valence-corrected chi connectivity index (χ4v) is 3.69. The summed E-state index contributed by atoms with van der Waals surface area (Å²) in [6.07, 6.45) is 6.53. The molecule has 1 unspecified atom stereocenters. The second kappa shape index (κ2) is 6.29. The first-order valence-electron chi connectivity index (χ1n) is 7.89. The molecule has 1 aliphatic heterocycles. The van der Waals surface area contributed by atoms with Crippen LogP contribution in [0, 0.1) is 17.2 Å². The van der Waals surface area contributed by atoms with Gasteiger partial charge in [0.1, 0.15) is 11.4 Å². The molecule has 118 valence electrons. The van der Waals surface area contributed by atoms with Gasteiger partial charge in [0.15, 0.2) is 5.16 Å². The minimum Gasteiger partial charge on any atom is -0.337 e. The van der Waals surface area contributed by atoms with Gasteiger partial charge >= 0.3 is 0 Å². The average Bonchev–Trinajstić information content (AvgIpc) is 3.32. The predicted molar refractivity (Wildman–Crippen MR) is 83.2 cm³/mol. The molecule has 1 amide bonds. The SMILES string of the molecule is CC(C#N)(NC(=O)CSc1nnc2n1CCCCC2)C1CC1. The fraction of sp³-hybridized carbons (Fsp3) is 0.733. The number of amides is 1. The van der Waals surface area contributed by atoms with Crippen LogP contribution in [0.25, 0.3) is 0 Å². The number of fused-ring (bicyclic) bond motifs is 1. The molecule has 1 atom stereocenters. The van der Waals surface area contributed by atoms with Crippen molar-refractivity contribution in [2.24, 2.45) is 5.92 Å². The molecule has 1 aromatic rings. The molecule has 2 heterocycles. The van der Waals surface area contributed by atoms with Crippen molar-refractivity contribution in [3.63, 3.8) is 0 Å². The van der Waals surface area contributed by atoms with Gasteiger partial charge in [-0.25, -0.2) is 0 Å². The first-order chi connectivity index (χ1) is 10.6. The van der Waals surface area contributed by atoms with Gasteiger partial charge in [-0.15, -0.1) is 10.2 Å². The number of aryl methyl sites for hydroxylation is 1. The van der Waals surface area contributed by atoms with Crippen LogP contribution in [-0.4, -0.2) is 32.0 Å². The molecule has 1 aliphatic carbocycles. The highest BCUT2D eigenvalue weighted by Crippen LogP contribution is 2.39. The van der Waals surface area contributed by atoms with Crippen molar-refractivity contribution in [1.29, 1.82) is 5.26 Å². The second-order valence-corrected chi connectivity index (χ2v) is 7.23. The van der Waals surface area contributed by atoms with Crippen LogP contribution in [0.5, 0.6) is 0 Å². The van der Waals surface area contributed by atoms with Crippen LogP contribution in [0.15, 0.2) is 5.16 Å². The van der Waals surface area contributed by atoms with E-state index in [9.17, 15) is 10.1 Å². The summed E-state index contributed by atoms with van der Waals surface area (Å²) in [7, 11) is 0. The van der Waals surface area contributed by atoms with Gasteiger partial charge in [0.25, 0.3) is 0 Å². The number of carbonyl (C=O) groups is 1. The van der Waals surface area contributed by atoms with Gasteiger partial charge in [-0.05, 0) is 38.5 Å². The van der Waals surface area contributed by atoms with E-state index in [1.54, 1.807) is 0 Å². The third-order valence-electron chi connectivity index (χ3n) is 4.43. The molecule has 22 heavy (non-hydrogen) atoms. The molecular weight excluding hydrogens is 298 g/mol. The van der Waals surface area contributed by atoms with E-state index < -0.39 is 5.54 Å². The summed E-state index contributed by atoms with van der Waals surface area (Å²) in [6, 6.07) is 2.25. The van der Waals surface area contributed by atoms with Crippen LogP contribution in [0.3, 0.4) is 0 Å². The van der Waals surface area contributed by atoms with Gasteiger partial charge in [-0.1, -0.05) is 18.2 Å². The zero-order valence-electron chi connectivity index (χ0n) is 12.8. The molecule has 6 nitrogen and oxygen atoms in total. The highest BCUT2D eigenvalue weighted by Gasteiger charge is 2.42. The Morgan fingerprint density at radius 3 is 3.00 bits per heavy atom. The van der Waals surface area contributed by atoms with Crippen LogP contribution in [0.1, 0.15) is 44.9 Å². The molecule has 0 radical (unpaired) electrons. The van der Waals surface area contributed by atoms with Crippen molar-refractivity contribution in [1.82, 2.24) is 20.1 Å². The maximum atomic E-state index is 12.1. The van der Waals surface area contributed by atoms with E-state index in [4.69, 9.17) is 0 Å². The van der Waals surface area contributed by atoms with Crippen molar-refractivity contribution in [2.45, 2.75) is 62.7 Å². The van der Waals surface area contributed by atoms with E-state index in [1.165, 1.54) is 18.2 Å². The summed E-state index contributed by atoms with van der Waals surface area (Å²) in [5, 5.41) is 21.4. The first kappa shape index (κ1) is 15.3. The molecule has 1 N–H and O–H groups in total. The number of thioether (sulfide) groups is 1. The molecular formula is C15H21N5OS. The Kier molecular flexibility index (Phi) is 4.39. The van der Waals surface area contributed by atoms with Crippen LogP contribution in [-0.2, 0) is 17.8 Å². The lowest BCUT2D eigenvalue weighted by Gasteiger charge is -2.22. The molecule has 0 saturated heterocycles. The Bertz CT molecular complexity index is 604. The van der Waals surface area contributed by atoms with Crippen LogP contribution >= 0.6 is 11.8 Å². The topological polar surface area (TPSA) is 83.6 Å². The highest BCUT2D eigenvalue weighted by molar-refractivity contribution is 7.99. The number of nitriles is 1. The Balaban J connectivity index is 1.57. The van der Waals surface area contributed by atoms with Gasteiger partial charge in [-0.3, -0.25) is 4.79 Å². The highest BCUT2D eigenvalue weighted by atomic mass is 32.2. The summed E-state index contributed by atoms with van der Waals surface area (Å²) in [5.41, 5.74) is -0.723. The number of aromatic nitrogens is 3. The summed E-state index contributed by atoms with van der Waals surface area (Å²) < 4.78 is 2.13. The minimum atomic E-state index is -0.723. The second-order valence-electron chi connectivity index (χ2n) is 6.29. The largest absolute Gasteiger partial charge is 0.337 e. The lowest BCUT2D eigenvalue weighted by Crippen LogP contribution is -2.47.